The third kappa shape index (κ3) is 2.46. The fourth-order valence-electron chi connectivity index (χ4n) is 1.47. The Morgan fingerprint density at radius 1 is 1.45 bits per heavy atom. The highest BCUT2D eigenvalue weighted by Gasteiger charge is 2.28. The van der Waals surface area contributed by atoms with Crippen molar-refractivity contribution in [1.29, 1.82) is 0 Å². The molecule has 0 spiro atoms. The molecule has 11 heavy (non-hydrogen) atoms. The molecule has 1 rings (SSSR count). The smallest absolute Gasteiger partial charge is 0.0546 e. The number of hydrogen-bond acceptors (Lipinski definition) is 2. The molecule has 0 heterocycles. The average molecular weight is 157 g/mol. The van der Waals surface area contributed by atoms with Crippen molar-refractivity contribution in [3.8, 4) is 0 Å². The molecule has 2 heteroatoms. The van der Waals surface area contributed by atoms with Crippen molar-refractivity contribution in [2.45, 2.75) is 38.8 Å². The molecule has 0 aromatic rings. The second kappa shape index (κ2) is 3.55. The van der Waals surface area contributed by atoms with Crippen LogP contribution in [0.4, 0.5) is 0 Å². The fraction of sp³-hybridized carbons (Fsp3) is 1.00. The van der Waals surface area contributed by atoms with Crippen LogP contribution in [0.1, 0.15) is 26.7 Å². The first-order valence-corrected chi connectivity index (χ1v) is 4.48. The van der Waals surface area contributed by atoms with Gasteiger partial charge in [-0.1, -0.05) is 0 Å². The van der Waals surface area contributed by atoms with Crippen LogP contribution in [0.2, 0.25) is 0 Å². The van der Waals surface area contributed by atoms with Crippen LogP contribution >= 0.6 is 0 Å². The van der Waals surface area contributed by atoms with Crippen molar-refractivity contribution in [3.63, 3.8) is 0 Å². The van der Waals surface area contributed by atoms with Gasteiger partial charge in [-0.3, -0.25) is 0 Å². The van der Waals surface area contributed by atoms with E-state index in [4.69, 9.17) is 5.11 Å². The summed E-state index contributed by atoms with van der Waals surface area (Å²) in [5, 5.41) is 9.05. The van der Waals surface area contributed by atoms with Gasteiger partial charge in [0.15, 0.2) is 0 Å². The van der Waals surface area contributed by atoms with Crippen LogP contribution in [-0.2, 0) is 0 Å². The number of rotatable bonds is 3. The molecule has 0 atom stereocenters. The molecule has 0 aromatic carbocycles. The maximum absolute atomic E-state index is 9.05. The van der Waals surface area contributed by atoms with Gasteiger partial charge in [0.2, 0.25) is 0 Å². The van der Waals surface area contributed by atoms with Crippen LogP contribution < -0.4 is 0 Å². The minimum atomic E-state index is 0.000521. The molecule has 1 fully saturated rings. The van der Waals surface area contributed by atoms with E-state index in [2.05, 4.69) is 25.8 Å². The van der Waals surface area contributed by atoms with E-state index in [1.54, 1.807) is 0 Å². The Bertz CT molecular complexity index is 119. The highest BCUT2D eigenvalue weighted by molar-refractivity contribution is 4.80. The van der Waals surface area contributed by atoms with Crippen LogP contribution in [-0.4, -0.2) is 35.7 Å². The lowest BCUT2D eigenvalue weighted by Crippen LogP contribution is -2.39. The number of nitrogens with zero attached hydrogens (tertiary/aromatic N) is 1. The van der Waals surface area contributed by atoms with E-state index < -0.39 is 0 Å². The van der Waals surface area contributed by atoms with Gasteiger partial charge in [0, 0.05) is 12.6 Å². The molecule has 2 nitrogen and oxygen atoms in total. The lowest BCUT2D eigenvalue weighted by molar-refractivity contribution is 0.0243. The average Bonchev–Trinajstić information content (AvgIpc) is 1.84. The summed E-state index contributed by atoms with van der Waals surface area (Å²) in [6.07, 6.45) is 2.02. The van der Waals surface area contributed by atoms with Gasteiger partial charge in [0.25, 0.3) is 0 Å². The van der Waals surface area contributed by atoms with Crippen molar-refractivity contribution in [3.05, 3.63) is 0 Å². The van der Waals surface area contributed by atoms with E-state index >= 15 is 0 Å². The molecular weight excluding hydrogens is 138 g/mol. The monoisotopic (exact) mass is 157 g/mol. The molecule has 1 aliphatic carbocycles. The summed E-state index contributed by atoms with van der Waals surface area (Å²) in [6.45, 7) is 5.55. The number of aliphatic hydroxyl groups is 1. The molecule has 0 aromatic heterocycles. The Balaban J connectivity index is 2.11. The minimum absolute atomic E-state index is 0.000521. The molecule has 1 saturated carbocycles. The summed E-state index contributed by atoms with van der Waals surface area (Å²) in [5.74, 6) is 0.748. The zero-order chi connectivity index (χ0) is 8.43. The summed E-state index contributed by atoms with van der Waals surface area (Å²) in [7, 11) is 2.15. The first-order valence-electron chi connectivity index (χ1n) is 4.48. The Morgan fingerprint density at radius 3 is 2.36 bits per heavy atom. The Kier molecular flexibility index (Phi) is 2.90. The maximum Gasteiger partial charge on any atom is 0.0546 e. The summed E-state index contributed by atoms with van der Waals surface area (Å²) >= 11 is 0. The topological polar surface area (TPSA) is 23.5 Å². The Hall–Kier alpha value is -0.0800. The van der Waals surface area contributed by atoms with Crippen molar-refractivity contribution >= 4 is 0 Å². The molecule has 1 N–H and O–H groups in total. The van der Waals surface area contributed by atoms with E-state index in [-0.39, 0.29) is 6.10 Å². The second-order valence-electron chi connectivity index (χ2n) is 4.02. The van der Waals surface area contributed by atoms with E-state index in [1.807, 2.05) is 0 Å². The lowest BCUT2D eigenvalue weighted by Gasteiger charge is -2.35. The largest absolute Gasteiger partial charge is 0.393 e. The van der Waals surface area contributed by atoms with Gasteiger partial charge in [-0.15, -0.1) is 0 Å². The van der Waals surface area contributed by atoms with Crippen molar-refractivity contribution in [1.82, 2.24) is 4.90 Å². The van der Waals surface area contributed by atoms with Gasteiger partial charge >= 0.3 is 0 Å². The van der Waals surface area contributed by atoms with E-state index in [1.165, 1.54) is 0 Å². The summed E-state index contributed by atoms with van der Waals surface area (Å²) < 4.78 is 0. The zero-order valence-corrected chi connectivity index (χ0v) is 7.75. The standard InChI is InChI=1S/C9H19NO/c1-7(2)10(3)6-8-4-9(11)5-8/h7-9,11H,4-6H2,1-3H3. The molecule has 1 aliphatic rings. The third-order valence-electron chi connectivity index (χ3n) is 2.64. The predicted octanol–water partition coefficient (Wildman–Crippen LogP) is 1.10. The molecule has 0 aliphatic heterocycles. The van der Waals surface area contributed by atoms with E-state index in [0.29, 0.717) is 6.04 Å². The quantitative estimate of drug-likeness (QED) is 0.663. The molecule has 0 saturated heterocycles. The summed E-state index contributed by atoms with van der Waals surface area (Å²) in [4.78, 5) is 2.34. The van der Waals surface area contributed by atoms with Crippen molar-refractivity contribution in [2.24, 2.45) is 5.92 Å². The van der Waals surface area contributed by atoms with Gasteiger partial charge in [-0.2, -0.15) is 0 Å². The normalized spacial score (nSPS) is 31.1. The zero-order valence-electron chi connectivity index (χ0n) is 7.75. The maximum atomic E-state index is 9.05. The molecule has 66 valence electrons. The van der Waals surface area contributed by atoms with Crippen LogP contribution in [0.5, 0.6) is 0 Å². The van der Waals surface area contributed by atoms with Crippen molar-refractivity contribution in [2.75, 3.05) is 13.6 Å². The second-order valence-corrected chi connectivity index (χ2v) is 4.02. The van der Waals surface area contributed by atoms with Crippen LogP contribution in [0.25, 0.3) is 0 Å². The highest BCUT2D eigenvalue weighted by atomic mass is 16.3. The Morgan fingerprint density at radius 2 is 2.00 bits per heavy atom. The lowest BCUT2D eigenvalue weighted by atomic mass is 9.82. The molecule has 0 amide bonds. The summed E-state index contributed by atoms with van der Waals surface area (Å²) in [6, 6.07) is 0.632. The minimum Gasteiger partial charge on any atom is -0.393 e. The van der Waals surface area contributed by atoms with E-state index in [0.717, 1.165) is 25.3 Å². The predicted molar refractivity (Wildman–Crippen MR) is 46.5 cm³/mol. The van der Waals surface area contributed by atoms with Gasteiger partial charge in [-0.25, -0.2) is 0 Å². The molecule has 0 unspecified atom stereocenters. The molecule has 0 bridgehead atoms. The third-order valence-corrected chi connectivity index (χ3v) is 2.64. The van der Waals surface area contributed by atoms with Gasteiger partial charge in [0.1, 0.15) is 0 Å². The highest BCUT2D eigenvalue weighted by Crippen LogP contribution is 2.27. The first-order chi connectivity index (χ1) is 5.09. The van der Waals surface area contributed by atoms with Crippen molar-refractivity contribution < 1.29 is 5.11 Å². The molecule has 0 radical (unpaired) electrons. The fourth-order valence-corrected chi connectivity index (χ4v) is 1.47. The van der Waals surface area contributed by atoms with Gasteiger partial charge in [-0.05, 0) is 39.7 Å². The van der Waals surface area contributed by atoms with Crippen LogP contribution in [0.3, 0.4) is 0 Å². The molecular formula is C9H19NO. The summed E-state index contributed by atoms with van der Waals surface area (Å²) in [5.41, 5.74) is 0. The Labute approximate surface area is 69.2 Å². The SMILES string of the molecule is CC(C)N(C)CC1CC(O)C1. The van der Waals surface area contributed by atoms with Gasteiger partial charge in [0.05, 0.1) is 6.10 Å². The number of aliphatic hydroxyl groups excluding tert-OH is 1. The van der Waals surface area contributed by atoms with E-state index in [9.17, 15) is 0 Å². The first kappa shape index (κ1) is 9.01. The van der Waals surface area contributed by atoms with Gasteiger partial charge < -0.3 is 10.0 Å². The number of hydrogen-bond donors (Lipinski definition) is 1. The van der Waals surface area contributed by atoms with Crippen LogP contribution in [0, 0.1) is 5.92 Å². The van der Waals surface area contributed by atoms with Crippen LogP contribution in [0.15, 0.2) is 0 Å².